The Labute approximate surface area is 115 Å². The Balaban J connectivity index is 2.21. The number of benzene rings is 1. The van der Waals surface area contributed by atoms with Gasteiger partial charge in [0, 0.05) is 31.4 Å². The van der Waals surface area contributed by atoms with Gasteiger partial charge in [-0.05, 0) is 25.7 Å². The van der Waals surface area contributed by atoms with E-state index in [4.69, 9.17) is 4.74 Å². The average Bonchev–Trinajstić information content (AvgIpc) is 2.38. The summed E-state index contributed by atoms with van der Waals surface area (Å²) in [4.78, 5) is 10.1. The smallest absolute Gasteiger partial charge is 0.327 e. The van der Waals surface area contributed by atoms with Crippen molar-refractivity contribution in [3.8, 4) is 0 Å². The average molecular weight is 286 g/mol. The number of halogens is 2. The Bertz CT molecular complexity index is 505. The topological polar surface area (TPSA) is 64.4 Å². The minimum atomic E-state index is -1.17. The summed E-state index contributed by atoms with van der Waals surface area (Å²) in [6.07, 6.45) is 1.64. The number of ether oxygens (including phenoxy) is 1. The summed E-state index contributed by atoms with van der Waals surface area (Å²) in [5, 5.41) is 13.8. The summed E-state index contributed by atoms with van der Waals surface area (Å²) in [5.41, 5.74) is -0.836. The number of rotatable bonds is 4. The normalized spacial score (nSPS) is 17.8. The molecule has 0 amide bonds. The highest BCUT2D eigenvalue weighted by Crippen LogP contribution is 2.31. The van der Waals surface area contributed by atoms with Crippen LogP contribution in [-0.2, 0) is 4.74 Å². The first-order valence-electron chi connectivity index (χ1n) is 6.46. The maximum Gasteiger partial charge on any atom is 0.327 e. The van der Waals surface area contributed by atoms with E-state index in [0.29, 0.717) is 19.3 Å². The fraction of sp³-hybridized carbons (Fsp3) is 0.538. The van der Waals surface area contributed by atoms with Gasteiger partial charge in [0.15, 0.2) is 0 Å². The number of hydrogen-bond acceptors (Lipinski definition) is 4. The predicted octanol–water partition coefficient (Wildman–Crippen LogP) is 3.10. The molecule has 0 bridgehead atoms. The number of hydrogen-bond donors (Lipinski definition) is 1. The highest BCUT2D eigenvalue weighted by Gasteiger charge is 2.26. The van der Waals surface area contributed by atoms with Crippen LogP contribution < -0.4 is 5.32 Å². The highest BCUT2D eigenvalue weighted by atomic mass is 19.1. The van der Waals surface area contributed by atoms with Gasteiger partial charge >= 0.3 is 5.69 Å². The van der Waals surface area contributed by atoms with Crippen molar-refractivity contribution >= 4 is 11.4 Å². The van der Waals surface area contributed by atoms with Crippen molar-refractivity contribution < 1.29 is 18.4 Å². The van der Waals surface area contributed by atoms with E-state index in [9.17, 15) is 18.9 Å². The molecular formula is C13H16F2N2O3. The molecule has 0 spiro atoms. The van der Waals surface area contributed by atoms with Crippen LogP contribution in [0.1, 0.15) is 19.8 Å². The largest absolute Gasteiger partial charge is 0.381 e. The molecule has 1 fully saturated rings. The van der Waals surface area contributed by atoms with E-state index < -0.39 is 22.2 Å². The van der Waals surface area contributed by atoms with E-state index in [0.717, 1.165) is 18.9 Å². The molecule has 1 saturated heterocycles. The van der Waals surface area contributed by atoms with Gasteiger partial charge in [-0.2, -0.15) is 4.39 Å². The number of nitrogens with one attached hydrogen (secondary N) is 1. The fourth-order valence-corrected chi connectivity index (χ4v) is 2.44. The van der Waals surface area contributed by atoms with Crippen molar-refractivity contribution in [1.82, 2.24) is 0 Å². The minimum Gasteiger partial charge on any atom is -0.381 e. The summed E-state index contributed by atoms with van der Waals surface area (Å²) >= 11 is 0. The van der Waals surface area contributed by atoms with Crippen molar-refractivity contribution in [3.05, 3.63) is 33.9 Å². The minimum absolute atomic E-state index is 0.119. The van der Waals surface area contributed by atoms with Gasteiger partial charge < -0.3 is 10.1 Å². The molecule has 1 aliphatic rings. The van der Waals surface area contributed by atoms with Crippen LogP contribution in [0.3, 0.4) is 0 Å². The molecule has 1 heterocycles. The lowest BCUT2D eigenvalue weighted by Crippen LogP contribution is -2.31. The standard InChI is InChI=1S/C13H16F2N2O3/c1-8(9-2-4-20-5-3-9)16-12-7-10(14)6-11(15)13(12)17(18)19/h6-9,16H,2-5H2,1H3. The quantitative estimate of drug-likeness (QED) is 0.682. The van der Waals surface area contributed by atoms with E-state index in [-0.39, 0.29) is 17.6 Å². The number of nitro benzene ring substituents is 1. The van der Waals surface area contributed by atoms with E-state index >= 15 is 0 Å². The first-order chi connectivity index (χ1) is 9.49. The van der Waals surface area contributed by atoms with Gasteiger partial charge in [0.1, 0.15) is 11.5 Å². The molecule has 1 N–H and O–H groups in total. The molecule has 5 nitrogen and oxygen atoms in total. The fourth-order valence-electron chi connectivity index (χ4n) is 2.44. The zero-order valence-corrected chi connectivity index (χ0v) is 11.1. The zero-order valence-electron chi connectivity index (χ0n) is 11.1. The Hall–Kier alpha value is -1.76. The maximum absolute atomic E-state index is 13.5. The van der Waals surface area contributed by atoms with Gasteiger partial charge in [0.2, 0.25) is 5.82 Å². The van der Waals surface area contributed by atoms with Crippen molar-refractivity contribution in [1.29, 1.82) is 0 Å². The molecule has 0 radical (unpaired) electrons. The van der Waals surface area contributed by atoms with Crippen LogP contribution in [-0.4, -0.2) is 24.2 Å². The van der Waals surface area contributed by atoms with Crippen molar-refractivity contribution in [2.24, 2.45) is 5.92 Å². The first-order valence-corrected chi connectivity index (χ1v) is 6.46. The second-order valence-electron chi connectivity index (χ2n) is 4.92. The summed E-state index contributed by atoms with van der Waals surface area (Å²) < 4.78 is 32.0. The molecule has 0 saturated carbocycles. The molecule has 1 aromatic rings. The van der Waals surface area contributed by atoms with Crippen LogP contribution in [0.15, 0.2) is 12.1 Å². The lowest BCUT2D eigenvalue weighted by molar-refractivity contribution is -0.386. The Morgan fingerprint density at radius 1 is 1.40 bits per heavy atom. The van der Waals surface area contributed by atoms with Gasteiger partial charge in [-0.3, -0.25) is 10.1 Å². The SMILES string of the molecule is CC(Nc1cc(F)cc(F)c1[N+](=O)[O-])C1CCOCC1. The van der Waals surface area contributed by atoms with Gasteiger partial charge in [-0.25, -0.2) is 4.39 Å². The number of nitro groups is 1. The summed E-state index contributed by atoms with van der Waals surface area (Å²) in [5.74, 6) is -1.75. The molecule has 1 aromatic carbocycles. The molecular weight excluding hydrogens is 270 g/mol. The lowest BCUT2D eigenvalue weighted by atomic mass is 9.92. The van der Waals surface area contributed by atoms with Gasteiger partial charge in [0.05, 0.1) is 4.92 Å². The number of nitrogens with zero attached hydrogens (tertiary/aromatic N) is 1. The van der Waals surface area contributed by atoms with Gasteiger partial charge in [-0.15, -0.1) is 0 Å². The van der Waals surface area contributed by atoms with Crippen LogP contribution in [0.25, 0.3) is 0 Å². The van der Waals surface area contributed by atoms with Gasteiger partial charge in [-0.1, -0.05) is 0 Å². The first kappa shape index (κ1) is 14.6. The summed E-state index contributed by atoms with van der Waals surface area (Å²) in [7, 11) is 0. The van der Waals surface area contributed by atoms with Crippen LogP contribution >= 0.6 is 0 Å². The Kier molecular flexibility index (Phi) is 4.49. The second-order valence-corrected chi connectivity index (χ2v) is 4.92. The van der Waals surface area contributed by atoms with Crippen LogP contribution in [0.4, 0.5) is 20.2 Å². The van der Waals surface area contributed by atoms with Crippen LogP contribution in [0.2, 0.25) is 0 Å². The molecule has 7 heteroatoms. The van der Waals surface area contributed by atoms with Gasteiger partial charge in [0.25, 0.3) is 0 Å². The molecule has 2 rings (SSSR count). The van der Waals surface area contributed by atoms with E-state index in [1.807, 2.05) is 6.92 Å². The van der Waals surface area contributed by atoms with Crippen molar-refractivity contribution in [2.75, 3.05) is 18.5 Å². The van der Waals surface area contributed by atoms with Crippen molar-refractivity contribution in [3.63, 3.8) is 0 Å². The Morgan fingerprint density at radius 2 is 2.05 bits per heavy atom. The zero-order chi connectivity index (χ0) is 14.7. The molecule has 1 unspecified atom stereocenters. The van der Waals surface area contributed by atoms with Crippen molar-refractivity contribution in [2.45, 2.75) is 25.8 Å². The number of anilines is 1. The molecule has 1 atom stereocenters. The summed E-state index contributed by atoms with van der Waals surface area (Å²) in [6, 6.07) is 1.35. The molecule has 1 aliphatic heterocycles. The highest BCUT2D eigenvalue weighted by molar-refractivity contribution is 5.62. The maximum atomic E-state index is 13.5. The molecule has 20 heavy (non-hydrogen) atoms. The van der Waals surface area contributed by atoms with Crippen LogP contribution in [0.5, 0.6) is 0 Å². The molecule has 0 aromatic heterocycles. The second kappa shape index (κ2) is 6.13. The molecule has 110 valence electrons. The van der Waals surface area contributed by atoms with E-state index in [1.54, 1.807) is 0 Å². The van der Waals surface area contributed by atoms with E-state index in [1.165, 1.54) is 0 Å². The molecule has 0 aliphatic carbocycles. The van der Waals surface area contributed by atoms with E-state index in [2.05, 4.69) is 5.32 Å². The van der Waals surface area contributed by atoms with Crippen LogP contribution in [0, 0.1) is 27.7 Å². The third-order valence-electron chi connectivity index (χ3n) is 3.57. The third-order valence-corrected chi connectivity index (χ3v) is 3.57. The predicted molar refractivity (Wildman–Crippen MR) is 69.6 cm³/mol. The monoisotopic (exact) mass is 286 g/mol. The lowest BCUT2D eigenvalue weighted by Gasteiger charge is -2.28. The Morgan fingerprint density at radius 3 is 2.65 bits per heavy atom. The third kappa shape index (κ3) is 3.22. The summed E-state index contributed by atoms with van der Waals surface area (Å²) in [6.45, 7) is 3.12.